The zero-order chi connectivity index (χ0) is 31.2. The van der Waals surface area contributed by atoms with E-state index in [1.807, 2.05) is 50.2 Å². The van der Waals surface area contributed by atoms with Crippen molar-refractivity contribution in [3.63, 3.8) is 0 Å². The van der Waals surface area contributed by atoms with Gasteiger partial charge < -0.3 is 20.3 Å². The summed E-state index contributed by atoms with van der Waals surface area (Å²) in [4.78, 5) is 10.5. The second kappa shape index (κ2) is 16.7. The molecule has 0 unspecified atom stereocenters. The van der Waals surface area contributed by atoms with Crippen molar-refractivity contribution in [3.8, 4) is 11.5 Å². The summed E-state index contributed by atoms with van der Waals surface area (Å²) in [6.07, 6.45) is 1.52. The summed E-state index contributed by atoms with van der Waals surface area (Å²) < 4.78 is 56.9. The van der Waals surface area contributed by atoms with Crippen molar-refractivity contribution >= 4 is 26.0 Å². The SMILES string of the molecule is CCOc1cc([C@H](C)NS(C)(=O)=O)ccc1OC.Cc1ccc(S(N)(=O)=O)cc1.N[C@@H](Cc1ccccc1)C(=O)O. The van der Waals surface area contributed by atoms with Crippen LogP contribution in [0.15, 0.2) is 77.7 Å². The summed E-state index contributed by atoms with van der Waals surface area (Å²) in [5, 5.41) is 13.4. The zero-order valence-corrected chi connectivity index (χ0v) is 25.4. The topological polar surface area (TPSA) is 188 Å². The van der Waals surface area contributed by atoms with E-state index in [-0.39, 0.29) is 10.9 Å². The molecule has 0 amide bonds. The summed E-state index contributed by atoms with van der Waals surface area (Å²) in [6.45, 7) is 6.06. The van der Waals surface area contributed by atoms with Gasteiger partial charge in [0, 0.05) is 6.04 Å². The van der Waals surface area contributed by atoms with Gasteiger partial charge in [-0.2, -0.15) is 0 Å². The van der Waals surface area contributed by atoms with Crippen molar-refractivity contribution in [2.24, 2.45) is 10.9 Å². The second-order valence-corrected chi connectivity index (χ2v) is 12.3. The molecule has 3 rings (SSSR count). The Morgan fingerprint density at radius 1 is 0.976 bits per heavy atom. The summed E-state index contributed by atoms with van der Waals surface area (Å²) >= 11 is 0. The van der Waals surface area contributed by atoms with Gasteiger partial charge in [-0.15, -0.1) is 0 Å². The number of nitrogens with one attached hydrogen (secondary N) is 1. The van der Waals surface area contributed by atoms with E-state index in [2.05, 4.69) is 4.72 Å². The molecule has 0 radical (unpaired) electrons. The monoisotopic (exact) mass is 609 g/mol. The molecule has 0 saturated carbocycles. The number of carboxylic acid groups (broad SMARTS) is 1. The quantitative estimate of drug-likeness (QED) is 0.268. The molecule has 0 heterocycles. The molecule has 0 aliphatic heterocycles. The van der Waals surface area contributed by atoms with Gasteiger partial charge in [0.15, 0.2) is 11.5 Å². The fourth-order valence-corrected chi connectivity index (χ4v) is 4.60. The number of primary sulfonamides is 1. The van der Waals surface area contributed by atoms with Crippen LogP contribution < -0.4 is 25.1 Å². The highest BCUT2D eigenvalue weighted by Crippen LogP contribution is 2.30. The van der Waals surface area contributed by atoms with E-state index in [1.165, 1.54) is 12.1 Å². The summed E-state index contributed by atoms with van der Waals surface area (Å²) in [5.74, 6) is 0.283. The number of nitrogens with two attached hydrogens (primary N) is 2. The lowest BCUT2D eigenvalue weighted by Gasteiger charge is -2.15. The Kier molecular flexibility index (Phi) is 14.5. The molecule has 13 heteroatoms. The number of benzene rings is 3. The molecular formula is C28H39N3O8S2. The third-order valence-electron chi connectivity index (χ3n) is 5.34. The average Bonchev–Trinajstić information content (AvgIpc) is 2.89. The van der Waals surface area contributed by atoms with Crippen molar-refractivity contribution in [1.82, 2.24) is 4.72 Å². The van der Waals surface area contributed by atoms with Gasteiger partial charge in [0.05, 0.1) is 24.9 Å². The lowest BCUT2D eigenvalue weighted by molar-refractivity contribution is -0.138. The maximum absolute atomic E-state index is 11.2. The Morgan fingerprint density at radius 3 is 2.02 bits per heavy atom. The molecule has 0 aromatic heterocycles. The number of aryl methyl sites for hydroxylation is 1. The largest absolute Gasteiger partial charge is 0.493 e. The van der Waals surface area contributed by atoms with Crippen LogP contribution in [0.3, 0.4) is 0 Å². The van der Waals surface area contributed by atoms with Gasteiger partial charge in [-0.25, -0.2) is 26.7 Å². The van der Waals surface area contributed by atoms with Crippen molar-refractivity contribution in [1.29, 1.82) is 0 Å². The van der Waals surface area contributed by atoms with Crippen LogP contribution in [0, 0.1) is 6.92 Å². The highest BCUT2D eigenvalue weighted by molar-refractivity contribution is 7.89. The highest BCUT2D eigenvalue weighted by atomic mass is 32.2. The molecule has 0 saturated heterocycles. The van der Waals surface area contributed by atoms with Crippen LogP contribution in [0.4, 0.5) is 0 Å². The molecule has 226 valence electrons. The van der Waals surface area contributed by atoms with Gasteiger partial charge in [-0.1, -0.05) is 54.1 Å². The molecule has 41 heavy (non-hydrogen) atoms. The normalized spacial score (nSPS) is 12.5. The molecular weight excluding hydrogens is 570 g/mol. The number of methoxy groups -OCH3 is 1. The Morgan fingerprint density at radius 2 is 1.56 bits per heavy atom. The molecule has 0 aliphatic rings. The van der Waals surface area contributed by atoms with E-state index in [1.54, 1.807) is 38.3 Å². The summed E-state index contributed by atoms with van der Waals surface area (Å²) in [5.41, 5.74) is 8.14. The van der Waals surface area contributed by atoms with E-state index >= 15 is 0 Å². The van der Waals surface area contributed by atoms with Crippen molar-refractivity contribution in [2.45, 2.75) is 44.2 Å². The van der Waals surface area contributed by atoms with Crippen LogP contribution in [-0.4, -0.2) is 53.9 Å². The smallest absolute Gasteiger partial charge is 0.320 e. The number of ether oxygens (including phenoxy) is 2. The predicted molar refractivity (Wildman–Crippen MR) is 159 cm³/mol. The average molecular weight is 610 g/mol. The molecule has 6 N–H and O–H groups in total. The Labute approximate surface area is 242 Å². The highest BCUT2D eigenvalue weighted by Gasteiger charge is 2.14. The minimum absolute atomic E-state index is 0.156. The third kappa shape index (κ3) is 14.1. The van der Waals surface area contributed by atoms with Gasteiger partial charge in [0.25, 0.3) is 0 Å². The fraction of sp³-hybridized carbons (Fsp3) is 0.321. The standard InChI is InChI=1S/C12H19NO4S.C9H11NO2.C7H9NO2S/c1-5-17-12-8-10(6-7-11(12)16-3)9(2)13-18(4,14)15;10-8(9(11)12)6-7-4-2-1-3-5-7;1-6-2-4-7(5-3-6)11(8,9)10/h6-9,13H,5H2,1-4H3;1-5,8H,6,10H2,(H,11,12);2-5H,1H3,(H2,8,9,10)/t9-;8-;/m00./s1. The van der Waals surface area contributed by atoms with E-state index in [9.17, 15) is 21.6 Å². The van der Waals surface area contributed by atoms with E-state index < -0.39 is 32.1 Å². The first kappa shape index (κ1) is 35.5. The second-order valence-electron chi connectivity index (χ2n) is 8.95. The minimum atomic E-state index is -3.52. The number of carboxylic acids is 1. The maximum atomic E-state index is 11.2. The van der Waals surface area contributed by atoms with Crippen LogP contribution in [0.5, 0.6) is 11.5 Å². The van der Waals surface area contributed by atoms with E-state index in [4.69, 9.17) is 25.5 Å². The first-order valence-electron chi connectivity index (χ1n) is 12.5. The summed E-state index contributed by atoms with van der Waals surface area (Å²) in [7, 11) is -5.19. The molecule has 11 nitrogen and oxygen atoms in total. The number of hydrogen-bond donors (Lipinski definition) is 4. The lowest BCUT2D eigenvalue weighted by Crippen LogP contribution is -2.32. The molecule has 0 bridgehead atoms. The van der Waals surface area contributed by atoms with Crippen LogP contribution in [0.25, 0.3) is 0 Å². The Hall–Kier alpha value is -3.49. The number of hydrogen-bond acceptors (Lipinski definition) is 8. The van der Waals surface area contributed by atoms with Crippen LogP contribution in [0.2, 0.25) is 0 Å². The third-order valence-corrected chi connectivity index (χ3v) is 7.05. The van der Waals surface area contributed by atoms with Crippen LogP contribution in [0.1, 0.15) is 36.6 Å². The van der Waals surface area contributed by atoms with Crippen molar-refractivity contribution in [2.75, 3.05) is 20.0 Å². The fourth-order valence-electron chi connectivity index (χ4n) is 3.30. The van der Waals surface area contributed by atoms with E-state index in [0.717, 1.165) is 22.9 Å². The van der Waals surface area contributed by atoms with Crippen molar-refractivity contribution in [3.05, 3.63) is 89.5 Å². The van der Waals surface area contributed by atoms with Gasteiger partial charge in [-0.3, -0.25) is 4.79 Å². The number of aliphatic carboxylic acids is 1. The van der Waals surface area contributed by atoms with Gasteiger partial charge in [0.1, 0.15) is 6.04 Å². The minimum Gasteiger partial charge on any atom is -0.493 e. The molecule has 3 aromatic rings. The maximum Gasteiger partial charge on any atom is 0.320 e. The van der Waals surface area contributed by atoms with Gasteiger partial charge in [-0.05, 0) is 62.6 Å². The predicted octanol–water partition coefficient (Wildman–Crippen LogP) is 2.99. The molecule has 0 spiro atoms. The van der Waals surface area contributed by atoms with Crippen molar-refractivity contribution < 1.29 is 36.2 Å². The molecule has 0 aliphatic carbocycles. The number of sulfonamides is 2. The van der Waals surface area contributed by atoms with Crippen LogP contribution >= 0.6 is 0 Å². The zero-order valence-electron chi connectivity index (χ0n) is 23.8. The van der Waals surface area contributed by atoms with Crippen LogP contribution in [-0.2, 0) is 31.3 Å². The number of rotatable bonds is 10. The Balaban J connectivity index is 0.000000320. The summed E-state index contributed by atoms with van der Waals surface area (Å²) in [6, 6.07) is 20.0. The lowest BCUT2D eigenvalue weighted by atomic mass is 10.1. The van der Waals surface area contributed by atoms with Gasteiger partial charge in [0.2, 0.25) is 20.0 Å². The molecule has 2 atom stereocenters. The van der Waals surface area contributed by atoms with E-state index in [0.29, 0.717) is 24.5 Å². The molecule has 0 fully saturated rings. The number of carbonyl (C=O) groups is 1. The first-order valence-corrected chi connectivity index (χ1v) is 15.9. The Bertz CT molecular complexity index is 1450. The first-order chi connectivity index (χ1) is 19.1. The molecule has 3 aromatic carbocycles. The van der Waals surface area contributed by atoms with Gasteiger partial charge >= 0.3 is 5.97 Å².